The van der Waals surface area contributed by atoms with E-state index in [1.165, 1.54) is 5.56 Å². The summed E-state index contributed by atoms with van der Waals surface area (Å²) in [7, 11) is -1.18. The molecule has 4 aromatic rings. The quantitative estimate of drug-likeness (QED) is 0.281. The number of rotatable bonds is 6. The lowest BCUT2D eigenvalue weighted by Crippen LogP contribution is -2.48. The monoisotopic (exact) mass is 609 g/mol. The molecule has 1 spiro atoms. The first kappa shape index (κ1) is 28.6. The summed E-state index contributed by atoms with van der Waals surface area (Å²) < 4.78 is 18.5. The Morgan fingerprint density at radius 2 is 1.93 bits per heavy atom. The standard InChI is InChI=1S/C30H36ClN7OS2/c1-6-21-24(31)23(9-13-33-21)40-25-19(2)35-28(38-17-14-34-27(25)38)37-15-10-30(11-16-37)18-22-20(8-7-12-32-22)26(30)36-41(39)29(3,4)5/h7-9,12-14,17,26,36H,6,10-11,15-16,18H2,1-5H3/t26-,41+/m1/s1. The van der Waals surface area contributed by atoms with Gasteiger partial charge in [-0.3, -0.25) is 14.4 Å². The molecule has 216 valence electrons. The second kappa shape index (κ2) is 10.9. The Morgan fingerprint density at radius 1 is 1.15 bits per heavy atom. The van der Waals surface area contributed by atoms with Crippen molar-refractivity contribution in [1.82, 2.24) is 29.1 Å². The summed E-state index contributed by atoms with van der Waals surface area (Å²) in [5, 5.41) is 0.692. The molecule has 0 unspecified atom stereocenters. The molecule has 1 saturated heterocycles. The molecule has 8 nitrogen and oxygen atoms in total. The molecule has 0 radical (unpaired) electrons. The average molecular weight is 610 g/mol. The molecule has 2 aliphatic rings. The molecule has 11 heteroatoms. The number of piperidine rings is 1. The van der Waals surface area contributed by atoms with Gasteiger partial charge in [0, 0.05) is 48.5 Å². The molecule has 0 saturated carbocycles. The second-order valence-corrected chi connectivity index (χ2v) is 15.4. The summed E-state index contributed by atoms with van der Waals surface area (Å²) in [5.41, 5.74) is 4.96. The molecule has 0 aromatic carbocycles. The Kier molecular flexibility index (Phi) is 7.63. The first-order valence-corrected chi connectivity index (χ1v) is 16.5. The molecule has 4 aromatic heterocycles. The van der Waals surface area contributed by atoms with Gasteiger partial charge in [-0.1, -0.05) is 36.4 Å². The van der Waals surface area contributed by atoms with Crippen LogP contribution in [0.3, 0.4) is 0 Å². The molecule has 0 bridgehead atoms. The molecule has 1 aliphatic heterocycles. The van der Waals surface area contributed by atoms with Crippen molar-refractivity contribution in [2.45, 2.75) is 80.9 Å². The van der Waals surface area contributed by atoms with Gasteiger partial charge in [-0.2, -0.15) is 0 Å². The van der Waals surface area contributed by atoms with Gasteiger partial charge in [0.2, 0.25) is 5.95 Å². The number of aryl methyl sites for hydroxylation is 2. The highest BCUT2D eigenvalue weighted by molar-refractivity contribution is 7.99. The highest BCUT2D eigenvalue weighted by Crippen LogP contribution is 2.52. The predicted octanol–water partition coefficient (Wildman–Crippen LogP) is 6.13. The third-order valence-corrected chi connectivity index (χ3v) is 11.7. The number of pyridine rings is 2. The number of fused-ring (bicyclic) bond motifs is 2. The maximum atomic E-state index is 13.3. The lowest BCUT2D eigenvalue weighted by molar-refractivity contribution is 0.176. The number of aromatic nitrogens is 5. The van der Waals surface area contributed by atoms with E-state index in [1.54, 1.807) is 11.8 Å². The van der Waals surface area contributed by atoms with E-state index in [0.717, 1.165) is 77.2 Å². The van der Waals surface area contributed by atoms with Crippen LogP contribution in [-0.2, 0) is 23.8 Å². The summed E-state index contributed by atoms with van der Waals surface area (Å²) in [5.74, 6) is 0.903. The molecule has 6 rings (SSSR count). The van der Waals surface area contributed by atoms with Crippen molar-refractivity contribution in [3.05, 3.63) is 70.7 Å². The number of nitrogens with one attached hydrogen (secondary N) is 1. The van der Waals surface area contributed by atoms with Gasteiger partial charge in [-0.25, -0.2) is 18.9 Å². The third-order valence-electron chi connectivity index (χ3n) is 8.32. The van der Waals surface area contributed by atoms with Crippen LogP contribution in [0.1, 0.15) is 69.2 Å². The third kappa shape index (κ3) is 5.17. The minimum Gasteiger partial charge on any atom is -0.342 e. The van der Waals surface area contributed by atoms with E-state index >= 15 is 0 Å². The predicted molar refractivity (Wildman–Crippen MR) is 166 cm³/mol. The molecular weight excluding hydrogens is 574 g/mol. The van der Waals surface area contributed by atoms with Crippen LogP contribution in [-0.4, -0.2) is 46.4 Å². The number of hydrogen-bond donors (Lipinski definition) is 1. The van der Waals surface area contributed by atoms with Crippen LogP contribution in [0.4, 0.5) is 5.95 Å². The smallest absolute Gasteiger partial charge is 0.211 e. The van der Waals surface area contributed by atoms with Gasteiger partial charge in [-0.05, 0) is 76.5 Å². The fourth-order valence-electron chi connectivity index (χ4n) is 6.01. The Labute approximate surface area is 253 Å². The summed E-state index contributed by atoms with van der Waals surface area (Å²) in [6.07, 6.45) is 11.1. The summed E-state index contributed by atoms with van der Waals surface area (Å²) in [6.45, 7) is 11.8. The van der Waals surface area contributed by atoms with Crippen LogP contribution in [0, 0.1) is 12.3 Å². The minimum absolute atomic E-state index is 0.00765. The van der Waals surface area contributed by atoms with Crippen LogP contribution in [0.15, 0.2) is 52.8 Å². The number of hydrogen-bond acceptors (Lipinski definition) is 7. The van der Waals surface area contributed by atoms with Gasteiger partial charge < -0.3 is 4.90 Å². The van der Waals surface area contributed by atoms with Crippen LogP contribution in [0.25, 0.3) is 5.65 Å². The normalized spacial score (nSPS) is 19.2. The molecule has 2 atom stereocenters. The van der Waals surface area contributed by atoms with Crippen LogP contribution < -0.4 is 9.62 Å². The molecular formula is C30H36ClN7OS2. The largest absolute Gasteiger partial charge is 0.342 e. The van der Waals surface area contributed by atoms with Crippen molar-refractivity contribution in [3.63, 3.8) is 0 Å². The Hall–Kier alpha value is -2.53. The number of anilines is 1. The highest BCUT2D eigenvalue weighted by atomic mass is 35.5. The van der Waals surface area contributed by atoms with Gasteiger partial charge in [-0.15, -0.1) is 0 Å². The van der Waals surface area contributed by atoms with E-state index in [0.29, 0.717) is 5.02 Å². The fraction of sp³-hybridized carbons (Fsp3) is 0.467. The Bertz CT molecular complexity index is 1630. The Balaban J connectivity index is 1.28. The lowest BCUT2D eigenvalue weighted by Gasteiger charge is -2.44. The van der Waals surface area contributed by atoms with Crippen molar-refractivity contribution < 1.29 is 4.21 Å². The zero-order chi connectivity index (χ0) is 28.9. The van der Waals surface area contributed by atoms with Gasteiger partial charge in [0.25, 0.3) is 0 Å². The first-order valence-electron chi connectivity index (χ1n) is 14.1. The van der Waals surface area contributed by atoms with E-state index in [4.69, 9.17) is 26.6 Å². The Morgan fingerprint density at radius 3 is 2.66 bits per heavy atom. The molecule has 1 N–H and O–H groups in total. The zero-order valence-corrected chi connectivity index (χ0v) is 26.5. The van der Waals surface area contributed by atoms with E-state index in [1.807, 2.05) is 64.6 Å². The van der Waals surface area contributed by atoms with E-state index in [2.05, 4.69) is 32.0 Å². The summed E-state index contributed by atoms with van der Waals surface area (Å²) in [4.78, 5) is 23.3. The molecule has 1 aliphatic carbocycles. The van der Waals surface area contributed by atoms with Gasteiger partial charge in [0.1, 0.15) is 0 Å². The van der Waals surface area contributed by atoms with E-state index in [-0.39, 0.29) is 16.2 Å². The van der Waals surface area contributed by atoms with Crippen LogP contribution >= 0.6 is 23.4 Å². The fourth-order valence-corrected chi connectivity index (χ4v) is 8.31. The average Bonchev–Trinajstić information content (AvgIpc) is 3.55. The second-order valence-electron chi connectivity index (χ2n) is 12.0. The van der Waals surface area contributed by atoms with Crippen LogP contribution in [0.5, 0.6) is 0 Å². The zero-order valence-electron chi connectivity index (χ0n) is 24.1. The van der Waals surface area contributed by atoms with Crippen molar-refractivity contribution in [3.8, 4) is 0 Å². The molecule has 5 heterocycles. The minimum atomic E-state index is -1.18. The van der Waals surface area contributed by atoms with E-state index in [9.17, 15) is 4.21 Å². The molecule has 41 heavy (non-hydrogen) atoms. The van der Waals surface area contributed by atoms with Gasteiger partial charge in [0.05, 0.1) is 43.1 Å². The lowest BCUT2D eigenvalue weighted by atomic mass is 9.73. The van der Waals surface area contributed by atoms with Crippen molar-refractivity contribution in [1.29, 1.82) is 0 Å². The van der Waals surface area contributed by atoms with Gasteiger partial charge >= 0.3 is 0 Å². The first-order chi connectivity index (χ1) is 19.6. The number of nitrogens with zero attached hydrogens (tertiary/aromatic N) is 6. The van der Waals surface area contributed by atoms with E-state index < -0.39 is 11.0 Å². The van der Waals surface area contributed by atoms with Crippen molar-refractivity contribution in [2.75, 3.05) is 18.0 Å². The topological polar surface area (TPSA) is 88.3 Å². The summed E-state index contributed by atoms with van der Waals surface area (Å²) in [6, 6.07) is 6.10. The van der Waals surface area contributed by atoms with Crippen molar-refractivity contribution in [2.24, 2.45) is 5.41 Å². The molecule has 0 amide bonds. The molecule has 1 fully saturated rings. The van der Waals surface area contributed by atoms with Crippen LogP contribution in [0.2, 0.25) is 5.02 Å². The number of halogens is 1. The summed E-state index contributed by atoms with van der Waals surface area (Å²) >= 11 is 8.28. The maximum Gasteiger partial charge on any atom is 0.211 e. The van der Waals surface area contributed by atoms with Gasteiger partial charge in [0.15, 0.2) is 5.65 Å². The van der Waals surface area contributed by atoms with Crippen molar-refractivity contribution >= 4 is 45.9 Å². The SMILES string of the molecule is CCc1nccc(Sc2c(C)nc(N3CCC4(CC3)Cc3ncccc3[C@H]4N[S@@](=O)C(C)(C)C)n3ccnc23)c1Cl. The number of imidazole rings is 1. The highest BCUT2D eigenvalue weighted by Gasteiger charge is 2.49. The maximum absolute atomic E-state index is 13.3.